The molecular formula is C17H25NO5S. The fourth-order valence-corrected chi connectivity index (χ4v) is 5.01. The van der Waals surface area contributed by atoms with E-state index >= 15 is 0 Å². The molecular weight excluding hydrogens is 330 g/mol. The highest BCUT2D eigenvalue weighted by molar-refractivity contribution is 7.89. The maximum atomic E-state index is 12.3. The molecule has 1 saturated heterocycles. The lowest BCUT2D eigenvalue weighted by atomic mass is 9.72. The van der Waals surface area contributed by atoms with E-state index in [4.69, 9.17) is 0 Å². The molecule has 0 amide bonds. The van der Waals surface area contributed by atoms with Gasteiger partial charge in [0.05, 0.1) is 11.9 Å². The molecule has 1 heterocycles. The second-order valence-corrected chi connectivity index (χ2v) is 8.93. The zero-order chi connectivity index (χ0) is 18.0. The summed E-state index contributed by atoms with van der Waals surface area (Å²) < 4.78 is 25.9. The first kappa shape index (κ1) is 18.9. The van der Waals surface area contributed by atoms with Gasteiger partial charge in [-0.1, -0.05) is 44.2 Å². The van der Waals surface area contributed by atoms with Gasteiger partial charge in [-0.2, -0.15) is 4.31 Å². The summed E-state index contributed by atoms with van der Waals surface area (Å²) in [5.74, 6) is -1.11. The summed E-state index contributed by atoms with van der Waals surface area (Å²) in [6, 6.07) is 9.12. The Morgan fingerprint density at radius 1 is 1.33 bits per heavy atom. The monoisotopic (exact) mass is 355 g/mol. The number of carboxylic acid groups (broad SMARTS) is 1. The van der Waals surface area contributed by atoms with Gasteiger partial charge in [0.1, 0.15) is 5.41 Å². The van der Waals surface area contributed by atoms with Gasteiger partial charge in [0.25, 0.3) is 0 Å². The molecule has 134 valence electrons. The summed E-state index contributed by atoms with van der Waals surface area (Å²) in [5, 5.41) is 20.3. The number of piperidine rings is 1. The molecule has 0 saturated carbocycles. The van der Waals surface area contributed by atoms with E-state index in [2.05, 4.69) is 0 Å². The highest BCUT2D eigenvalue weighted by atomic mass is 32.2. The molecule has 1 fully saturated rings. The number of rotatable bonds is 6. The number of sulfonamides is 1. The molecule has 2 atom stereocenters. The van der Waals surface area contributed by atoms with E-state index in [1.165, 1.54) is 4.31 Å². The van der Waals surface area contributed by atoms with Gasteiger partial charge in [0, 0.05) is 13.1 Å². The van der Waals surface area contributed by atoms with Crippen LogP contribution in [0, 0.1) is 11.3 Å². The van der Waals surface area contributed by atoms with E-state index in [0.29, 0.717) is 0 Å². The summed E-state index contributed by atoms with van der Waals surface area (Å²) in [5.41, 5.74) is -0.539. The molecule has 1 aromatic carbocycles. The maximum absolute atomic E-state index is 12.3. The lowest BCUT2D eigenvalue weighted by Crippen LogP contribution is -2.57. The van der Waals surface area contributed by atoms with Crippen molar-refractivity contribution in [3.05, 3.63) is 35.9 Å². The average molecular weight is 355 g/mol. The first-order valence-corrected chi connectivity index (χ1v) is 9.71. The van der Waals surface area contributed by atoms with Crippen molar-refractivity contribution in [1.82, 2.24) is 4.31 Å². The normalized spacial score (nSPS) is 25.8. The second-order valence-electron chi connectivity index (χ2n) is 6.92. The number of carboxylic acids is 1. The number of benzene rings is 1. The Morgan fingerprint density at radius 3 is 2.46 bits per heavy atom. The van der Waals surface area contributed by atoms with Crippen LogP contribution in [-0.4, -0.2) is 53.9 Å². The second kappa shape index (κ2) is 7.21. The van der Waals surface area contributed by atoms with E-state index in [1.54, 1.807) is 0 Å². The van der Waals surface area contributed by atoms with Crippen LogP contribution < -0.4 is 0 Å². The van der Waals surface area contributed by atoms with Crippen LogP contribution in [0.5, 0.6) is 0 Å². The fraction of sp³-hybridized carbons (Fsp3) is 0.588. The third kappa shape index (κ3) is 3.96. The molecule has 0 unspecified atom stereocenters. The van der Waals surface area contributed by atoms with Crippen LogP contribution >= 0.6 is 0 Å². The number of carbonyl (C=O) groups is 1. The number of β-amino-alcohol motifs (C(OH)–C–C–N with tert-alkyl or cyclic N) is 1. The fourth-order valence-electron chi connectivity index (χ4n) is 3.22. The van der Waals surface area contributed by atoms with Crippen molar-refractivity contribution in [3.8, 4) is 0 Å². The topological polar surface area (TPSA) is 94.9 Å². The molecule has 6 nitrogen and oxygen atoms in total. The Kier molecular flexibility index (Phi) is 5.67. The predicted octanol–water partition coefficient (Wildman–Crippen LogP) is 1.35. The summed E-state index contributed by atoms with van der Waals surface area (Å²) in [7, 11) is -3.48. The molecule has 1 aromatic rings. The van der Waals surface area contributed by atoms with Crippen LogP contribution in [0.25, 0.3) is 0 Å². The van der Waals surface area contributed by atoms with Gasteiger partial charge in [-0.25, -0.2) is 8.42 Å². The standard InChI is InChI=1S/C17H25NO5S/c1-13(2)12-24(22,23)18-9-8-17(16(20)21,15(19)11-18)10-14-6-4-3-5-7-14/h3-7,13,15,19H,8-12H2,1-2H3,(H,20,21)/t15-,17+/m0/s1. The van der Waals surface area contributed by atoms with Crippen molar-refractivity contribution < 1.29 is 23.4 Å². The van der Waals surface area contributed by atoms with Crippen LogP contribution in [0.3, 0.4) is 0 Å². The number of hydrogen-bond acceptors (Lipinski definition) is 4. The number of aliphatic hydroxyl groups excluding tert-OH is 1. The van der Waals surface area contributed by atoms with Gasteiger partial charge in [0.15, 0.2) is 0 Å². The summed E-state index contributed by atoms with van der Waals surface area (Å²) in [4.78, 5) is 11.9. The zero-order valence-corrected chi connectivity index (χ0v) is 14.9. The molecule has 0 radical (unpaired) electrons. The van der Waals surface area contributed by atoms with E-state index in [1.807, 2.05) is 44.2 Å². The number of nitrogens with zero attached hydrogens (tertiary/aromatic N) is 1. The number of aliphatic hydroxyl groups is 1. The Bertz CT molecular complexity index is 673. The molecule has 24 heavy (non-hydrogen) atoms. The summed E-state index contributed by atoms with van der Waals surface area (Å²) in [6.45, 7) is 3.57. The van der Waals surface area contributed by atoms with Crippen LogP contribution in [0.15, 0.2) is 30.3 Å². The van der Waals surface area contributed by atoms with Crippen LogP contribution in [0.4, 0.5) is 0 Å². The molecule has 2 N–H and O–H groups in total. The van der Waals surface area contributed by atoms with E-state index in [9.17, 15) is 23.4 Å². The first-order valence-electron chi connectivity index (χ1n) is 8.10. The van der Waals surface area contributed by atoms with Crippen molar-refractivity contribution >= 4 is 16.0 Å². The summed E-state index contributed by atoms with van der Waals surface area (Å²) >= 11 is 0. The first-order chi connectivity index (χ1) is 11.2. The summed E-state index contributed by atoms with van der Waals surface area (Å²) in [6.07, 6.45) is -0.969. The van der Waals surface area contributed by atoms with E-state index in [-0.39, 0.29) is 37.6 Å². The van der Waals surface area contributed by atoms with Gasteiger partial charge in [-0.3, -0.25) is 4.79 Å². The van der Waals surface area contributed by atoms with Crippen LogP contribution in [-0.2, 0) is 21.2 Å². The SMILES string of the molecule is CC(C)CS(=O)(=O)N1CC[C@](Cc2ccccc2)(C(=O)O)[C@@H](O)C1. The molecule has 1 aliphatic rings. The number of aliphatic carboxylic acids is 1. The van der Waals surface area contributed by atoms with Gasteiger partial charge in [-0.05, 0) is 24.3 Å². The van der Waals surface area contributed by atoms with Crippen molar-refractivity contribution in [2.75, 3.05) is 18.8 Å². The lowest BCUT2D eigenvalue weighted by molar-refractivity contribution is -0.161. The minimum absolute atomic E-state index is 0.00151. The predicted molar refractivity (Wildman–Crippen MR) is 91.0 cm³/mol. The quantitative estimate of drug-likeness (QED) is 0.803. The Balaban J connectivity index is 2.21. The molecule has 0 bridgehead atoms. The van der Waals surface area contributed by atoms with Gasteiger partial charge < -0.3 is 10.2 Å². The van der Waals surface area contributed by atoms with E-state index < -0.39 is 27.5 Å². The molecule has 0 aromatic heterocycles. The lowest BCUT2D eigenvalue weighted by Gasteiger charge is -2.42. The van der Waals surface area contributed by atoms with Crippen LogP contribution in [0.1, 0.15) is 25.8 Å². The minimum atomic E-state index is -3.48. The smallest absolute Gasteiger partial charge is 0.312 e. The van der Waals surface area contributed by atoms with Gasteiger partial charge in [-0.15, -0.1) is 0 Å². The highest BCUT2D eigenvalue weighted by Crippen LogP contribution is 2.37. The van der Waals surface area contributed by atoms with Gasteiger partial charge >= 0.3 is 5.97 Å². The molecule has 7 heteroatoms. The molecule has 0 spiro atoms. The van der Waals surface area contributed by atoms with Crippen molar-refractivity contribution in [2.24, 2.45) is 11.3 Å². The van der Waals surface area contributed by atoms with Gasteiger partial charge in [0.2, 0.25) is 10.0 Å². The highest BCUT2D eigenvalue weighted by Gasteiger charge is 2.50. The molecule has 0 aliphatic carbocycles. The van der Waals surface area contributed by atoms with E-state index in [0.717, 1.165) is 5.56 Å². The third-order valence-electron chi connectivity index (χ3n) is 4.55. The van der Waals surface area contributed by atoms with Crippen molar-refractivity contribution in [3.63, 3.8) is 0 Å². The minimum Gasteiger partial charge on any atom is -0.481 e. The van der Waals surface area contributed by atoms with Crippen molar-refractivity contribution in [2.45, 2.75) is 32.8 Å². The molecule has 2 rings (SSSR count). The Hall–Kier alpha value is -1.44. The largest absolute Gasteiger partial charge is 0.481 e. The average Bonchev–Trinajstić information content (AvgIpc) is 2.48. The maximum Gasteiger partial charge on any atom is 0.312 e. The Labute approximate surface area is 143 Å². The molecule has 1 aliphatic heterocycles. The number of hydrogen-bond donors (Lipinski definition) is 2. The van der Waals surface area contributed by atoms with Crippen LogP contribution in [0.2, 0.25) is 0 Å². The Morgan fingerprint density at radius 2 is 1.96 bits per heavy atom. The third-order valence-corrected chi connectivity index (χ3v) is 6.75. The van der Waals surface area contributed by atoms with Crippen molar-refractivity contribution in [1.29, 1.82) is 0 Å². The zero-order valence-electron chi connectivity index (χ0n) is 14.1.